The van der Waals surface area contributed by atoms with Crippen LogP contribution in [0.15, 0.2) is 53.4 Å². The number of nitrogens with zero attached hydrogens (tertiary/aromatic N) is 1. The molecule has 0 bridgehead atoms. The summed E-state index contributed by atoms with van der Waals surface area (Å²) in [5.74, 6) is 0.322. The van der Waals surface area contributed by atoms with Crippen LogP contribution in [0, 0.1) is 0 Å². The molecule has 2 aromatic rings. The molecular weight excluding hydrogens is 404 g/mol. The SMILES string of the molecule is CCN(CC(O)COc1ccc(NC(C)=O)cc1)S(=O)(=O)c1ccc(Cl)cc1. The van der Waals surface area contributed by atoms with E-state index in [2.05, 4.69) is 5.32 Å². The van der Waals surface area contributed by atoms with E-state index in [9.17, 15) is 18.3 Å². The molecule has 7 nitrogen and oxygen atoms in total. The lowest BCUT2D eigenvalue weighted by Crippen LogP contribution is -2.39. The zero-order valence-electron chi connectivity index (χ0n) is 15.6. The number of likely N-dealkylation sites (N-methyl/N-ethyl adjacent to an activating group) is 1. The Morgan fingerprint density at radius 1 is 1.18 bits per heavy atom. The predicted molar refractivity (Wildman–Crippen MR) is 108 cm³/mol. The van der Waals surface area contributed by atoms with Crippen molar-refractivity contribution in [3.8, 4) is 5.75 Å². The van der Waals surface area contributed by atoms with E-state index < -0.39 is 16.1 Å². The fourth-order valence-electron chi connectivity index (χ4n) is 2.47. The van der Waals surface area contributed by atoms with Gasteiger partial charge in [0, 0.05) is 30.7 Å². The summed E-state index contributed by atoms with van der Waals surface area (Å²) in [7, 11) is -3.74. The minimum absolute atomic E-state index is 0.0773. The molecular formula is C19H23ClN2O5S. The Morgan fingerprint density at radius 2 is 1.79 bits per heavy atom. The van der Waals surface area contributed by atoms with Gasteiger partial charge in [-0.3, -0.25) is 4.79 Å². The standard InChI is InChI=1S/C19H23ClN2O5S/c1-3-22(28(25,26)19-10-4-15(20)5-11-19)12-17(24)13-27-18-8-6-16(7-9-18)21-14(2)23/h4-11,17,24H,3,12-13H2,1-2H3,(H,21,23). The second-order valence-electron chi connectivity index (χ2n) is 6.08. The molecule has 1 atom stereocenters. The van der Waals surface area contributed by atoms with Gasteiger partial charge >= 0.3 is 0 Å². The van der Waals surface area contributed by atoms with Gasteiger partial charge in [-0.2, -0.15) is 4.31 Å². The molecule has 1 unspecified atom stereocenters. The molecule has 28 heavy (non-hydrogen) atoms. The number of rotatable bonds is 9. The second kappa shape index (κ2) is 9.88. The molecule has 0 heterocycles. The number of anilines is 1. The van der Waals surface area contributed by atoms with Gasteiger partial charge in [-0.25, -0.2) is 8.42 Å². The van der Waals surface area contributed by atoms with Gasteiger partial charge in [0.2, 0.25) is 15.9 Å². The Morgan fingerprint density at radius 3 is 2.32 bits per heavy atom. The lowest BCUT2D eigenvalue weighted by Gasteiger charge is -2.23. The molecule has 0 fully saturated rings. The highest BCUT2D eigenvalue weighted by molar-refractivity contribution is 7.89. The maximum Gasteiger partial charge on any atom is 0.243 e. The number of halogens is 1. The third kappa shape index (κ3) is 6.20. The fourth-order valence-corrected chi connectivity index (χ4v) is 4.08. The zero-order valence-corrected chi connectivity index (χ0v) is 17.2. The average molecular weight is 427 g/mol. The van der Waals surface area contributed by atoms with Crippen LogP contribution < -0.4 is 10.1 Å². The summed E-state index contributed by atoms with van der Waals surface area (Å²) in [5, 5.41) is 13.3. The highest BCUT2D eigenvalue weighted by atomic mass is 35.5. The van der Waals surface area contributed by atoms with E-state index in [1.807, 2.05) is 0 Å². The highest BCUT2D eigenvalue weighted by Crippen LogP contribution is 2.19. The molecule has 2 aromatic carbocycles. The van der Waals surface area contributed by atoms with Crippen molar-refractivity contribution in [3.63, 3.8) is 0 Å². The quantitative estimate of drug-likeness (QED) is 0.642. The Balaban J connectivity index is 1.95. The molecule has 2 N–H and O–H groups in total. The van der Waals surface area contributed by atoms with E-state index in [1.165, 1.54) is 35.5 Å². The molecule has 1 amide bonds. The lowest BCUT2D eigenvalue weighted by molar-refractivity contribution is -0.114. The maximum absolute atomic E-state index is 12.7. The third-order valence-corrected chi connectivity index (χ3v) is 6.04. The van der Waals surface area contributed by atoms with Gasteiger partial charge in [0.15, 0.2) is 0 Å². The zero-order chi connectivity index (χ0) is 20.7. The molecule has 0 aliphatic carbocycles. The first-order valence-electron chi connectivity index (χ1n) is 8.66. The number of amides is 1. The van der Waals surface area contributed by atoms with Crippen LogP contribution in [-0.2, 0) is 14.8 Å². The first kappa shape index (κ1) is 22.2. The van der Waals surface area contributed by atoms with Crippen LogP contribution in [0.3, 0.4) is 0 Å². The van der Waals surface area contributed by atoms with Gasteiger partial charge in [0.25, 0.3) is 0 Å². The van der Waals surface area contributed by atoms with Crippen molar-refractivity contribution in [1.29, 1.82) is 0 Å². The van der Waals surface area contributed by atoms with E-state index >= 15 is 0 Å². The summed E-state index contributed by atoms with van der Waals surface area (Å²) < 4.78 is 32.1. The Hall–Kier alpha value is -2.13. The van der Waals surface area contributed by atoms with Crippen molar-refractivity contribution in [2.45, 2.75) is 24.8 Å². The van der Waals surface area contributed by atoms with E-state index in [0.29, 0.717) is 16.5 Å². The van der Waals surface area contributed by atoms with Crippen LogP contribution in [0.1, 0.15) is 13.8 Å². The number of hydrogen-bond donors (Lipinski definition) is 2. The molecule has 0 saturated carbocycles. The average Bonchev–Trinajstić information content (AvgIpc) is 2.65. The minimum atomic E-state index is -3.74. The summed E-state index contributed by atoms with van der Waals surface area (Å²) in [4.78, 5) is 11.1. The molecule has 0 spiro atoms. The maximum atomic E-state index is 12.7. The summed E-state index contributed by atoms with van der Waals surface area (Å²) in [5.41, 5.74) is 0.631. The van der Waals surface area contributed by atoms with Crippen molar-refractivity contribution < 1.29 is 23.1 Å². The van der Waals surface area contributed by atoms with Gasteiger partial charge in [-0.05, 0) is 48.5 Å². The molecule has 152 valence electrons. The van der Waals surface area contributed by atoms with Gasteiger partial charge < -0.3 is 15.2 Å². The molecule has 9 heteroatoms. The van der Waals surface area contributed by atoms with E-state index in [1.54, 1.807) is 31.2 Å². The van der Waals surface area contributed by atoms with Crippen LogP contribution in [-0.4, -0.2) is 49.5 Å². The normalized spacial score (nSPS) is 12.6. The second-order valence-corrected chi connectivity index (χ2v) is 8.45. The number of sulfonamides is 1. The number of ether oxygens (including phenoxy) is 1. The van der Waals surface area contributed by atoms with E-state index in [4.69, 9.17) is 16.3 Å². The summed E-state index contributed by atoms with van der Waals surface area (Å²) >= 11 is 5.81. The van der Waals surface area contributed by atoms with Crippen molar-refractivity contribution >= 4 is 33.2 Å². The van der Waals surface area contributed by atoms with Crippen LogP contribution in [0.2, 0.25) is 5.02 Å². The fraction of sp³-hybridized carbons (Fsp3) is 0.316. The van der Waals surface area contributed by atoms with Crippen molar-refractivity contribution in [1.82, 2.24) is 4.31 Å². The van der Waals surface area contributed by atoms with Crippen LogP contribution in [0.4, 0.5) is 5.69 Å². The molecule has 0 aromatic heterocycles. The monoisotopic (exact) mass is 426 g/mol. The molecule has 2 rings (SSSR count). The molecule has 0 saturated heterocycles. The van der Waals surface area contributed by atoms with Gasteiger partial charge in [-0.15, -0.1) is 0 Å². The Kier molecular flexibility index (Phi) is 7.82. The number of hydrogen-bond acceptors (Lipinski definition) is 5. The summed E-state index contributed by atoms with van der Waals surface area (Å²) in [6, 6.07) is 12.5. The highest BCUT2D eigenvalue weighted by Gasteiger charge is 2.25. The minimum Gasteiger partial charge on any atom is -0.491 e. The third-order valence-electron chi connectivity index (χ3n) is 3.84. The topological polar surface area (TPSA) is 95.9 Å². The first-order valence-corrected chi connectivity index (χ1v) is 10.5. The van der Waals surface area contributed by atoms with Gasteiger partial charge in [0.05, 0.1) is 4.90 Å². The van der Waals surface area contributed by atoms with Gasteiger partial charge in [-0.1, -0.05) is 18.5 Å². The lowest BCUT2D eigenvalue weighted by atomic mass is 10.3. The number of aliphatic hydroxyl groups is 1. The van der Waals surface area contributed by atoms with E-state index in [0.717, 1.165) is 0 Å². The van der Waals surface area contributed by atoms with Crippen LogP contribution in [0.5, 0.6) is 5.75 Å². The number of benzene rings is 2. The molecule has 0 radical (unpaired) electrons. The number of carbonyl (C=O) groups excluding carboxylic acids is 1. The number of aliphatic hydroxyl groups excluding tert-OH is 1. The van der Waals surface area contributed by atoms with Gasteiger partial charge in [0.1, 0.15) is 18.5 Å². The Bertz CT molecular complexity index is 886. The number of nitrogens with one attached hydrogen (secondary N) is 1. The predicted octanol–water partition coefficient (Wildman–Crippen LogP) is 2.75. The van der Waals surface area contributed by atoms with Crippen LogP contribution >= 0.6 is 11.6 Å². The van der Waals surface area contributed by atoms with Crippen molar-refractivity contribution in [2.75, 3.05) is 25.0 Å². The summed E-state index contributed by atoms with van der Waals surface area (Å²) in [6.45, 7) is 3.13. The Labute approximate surface area is 169 Å². The smallest absolute Gasteiger partial charge is 0.243 e. The van der Waals surface area contributed by atoms with Crippen molar-refractivity contribution in [3.05, 3.63) is 53.6 Å². The first-order chi connectivity index (χ1) is 13.2. The van der Waals surface area contributed by atoms with Crippen LogP contribution in [0.25, 0.3) is 0 Å². The van der Waals surface area contributed by atoms with E-state index in [-0.39, 0.29) is 30.5 Å². The largest absolute Gasteiger partial charge is 0.491 e. The molecule has 0 aliphatic rings. The van der Waals surface area contributed by atoms with Crippen molar-refractivity contribution in [2.24, 2.45) is 0 Å². The molecule has 0 aliphatic heterocycles. The number of carbonyl (C=O) groups is 1. The summed E-state index contributed by atoms with van der Waals surface area (Å²) in [6.07, 6.45) is -1.02.